The van der Waals surface area contributed by atoms with E-state index in [4.69, 9.17) is 0 Å². The summed E-state index contributed by atoms with van der Waals surface area (Å²) in [6.07, 6.45) is 7.08. The molecule has 0 spiro atoms. The van der Waals surface area contributed by atoms with E-state index in [-0.39, 0.29) is 5.91 Å². The number of nitrogens with one attached hydrogen (secondary N) is 1. The normalized spacial score (nSPS) is 12.8. The largest absolute Gasteiger partial charge is 0.321 e. The van der Waals surface area contributed by atoms with Crippen LogP contribution in [0.2, 0.25) is 0 Å². The Morgan fingerprint density at radius 1 is 1.12 bits per heavy atom. The van der Waals surface area contributed by atoms with Crippen LogP contribution in [0.4, 0.5) is 5.69 Å². The first kappa shape index (κ1) is 16.4. The molecule has 126 valence electrons. The first-order valence-electron chi connectivity index (χ1n) is 8.32. The summed E-state index contributed by atoms with van der Waals surface area (Å²) in [7, 11) is 0. The molecule has 0 atom stereocenters. The minimum absolute atomic E-state index is 0.0230. The molecule has 0 aliphatic heterocycles. The molecule has 1 N–H and O–H groups in total. The highest BCUT2D eigenvalue weighted by Crippen LogP contribution is 2.31. The van der Waals surface area contributed by atoms with Gasteiger partial charge in [-0.1, -0.05) is 6.07 Å². The lowest BCUT2D eigenvalue weighted by atomic mass is 10.1. The van der Waals surface area contributed by atoms with Crippen LogP contribution in [0.5, 0.6) is 0 Å². The summed E-state index contributed by atoms with van der Waals surface area (Å²) in [5.74, 6) is 0.809. The Hall–Kier alpha value is -2.11. The van der Waals surface area contributed by atoms with Gasteiger partial charge >= 0.3 is 0 Å². The number of carbonyl (C=O) groups is 1. The summed E-state index contributed by atoms with van der Waals surface area (Å²) in [6.45, 7) is 0. The third-order valence-corrected chi connectivity index (χ3v) is 6.51. The first-order valence-corrected chi connectivity index (χ1v) is 10.2. The van der Waals surface area contributed by atoms with Crippen LogP contribution in [-0.4, -0.2) is 10.9 Å². The summed E-state index contributed by atoms with van der Waals surface area (Å²) >= 11 is 3.18. The number of hydrogen-bond donors (Lipinski definition) is 1. The number of aromatic nitrogens is 1. The van der Waals surface area contributed by atoms with Crippen molar-refractivity contribution < 1.29 is 4.79 Å². The molecule has 1 amide bonds. The number of benzene rings is 1. The SMILES string of the molecule is O=C(Nc1ccc2c(c1)CCC2)c1sccc1SCc1ccncc1. The molecule has 0 fully saturated rings. The molecule has 1 aliphatic rings. The minimum Gasteiger partial charge on any atom is -0.321 e. The van der Waals surface area contributed by atoms with E-state index in [9.17, 15) is 4.79 Å². The van der Waals surface area contributed by atoms with Gasteiger partial charge in [-0.3, -0.25) is 9.78 Å². The zero-order chi connectivity index (χ0) is 17.1. The van der Waals surface area contributed by atoms with E-state index in [0.717, 1.165) is 34.1 Å². The number of carbonyl (C=O) groups excluding carboxylic acids is 1. The van der Waals surface area contributed by atoms with Crippen molar-refractivity contribution in [2.24, 2.45) is 0 Å². The van der Waals surface area contributed by atoms with Gasteiger partial charge in [0.05, 0.1) is 0 Å². The van der Waals surface area contributed by atoms with Gasteiger partial charge in [-0.2, -0.15) is 0 Å². The molecule has 25 heavy (non-hydrogen) atoms. The number of rotatable bonds is 5. The highest BCUT2D eigenvalue weighted by atomic mass is 32.2. The molecule has 3 nitrogen and oxygen atoms in total. The number of anilines is 1. The van der Waals surface area contributed by atoms with E-state index in [1.165, 1.54) is 34.4 Å². The van der Waals surface area contributed by atoms with Gasteiger partial charge in [-0.15, -0.1) is 23.1 Å². The third-order valence-electron chi connectivity index (χ3n) is 4.34. The maximum Gasteiger partial charge on any atom is 0.266 e. The van der Waals surface area contributed by atoms with Crippen molar-refractivity contribution >= 4 is 34.7 Å². The van der Waals surface area contributed by atoms with Gasteiger partial charge in [-0.25, -0.2) is 0 Å². The zero-order valence-corrected chi connectivity index (χ0v) is 15.3. The highest BCUT2D eigenvalue weighted by molar-refractivity contribution is 7.98. The molecule has 0 radical (unpaired) electrons. The molecular weight excluding hydrogens is 348 g/mol. The third kappa shape index (κ3) is 3.78. The second kappa shape index (κ2) is 7.42. The van der Waals surface area contributed by atoms with Crippen molar-refractivity contribution in [2.75, 3.05) is 5.32 Å². The van der Waals surface area contributed by atoms with Gasteiger partial charge in [0.2, 0.25) is 0 Å². The monoisotopic (exact) mass is 366 g/mol. The molecule has 2 heterocycles. The fourth-order valence-electron chi connectivity index (χ4n) is 3.05. The van der Waals surface area contributed by atoms with Crippen molar-refractivity contribution in [3.8, 4) is 0 Å². The Bertz CT molecular complexity index is 890. The standard InChI is InChI=1S/C20H18N2OS2/c23-20(22-17-5-4-15-2-1-3-16(15)12-17)19-18(8-11-24-19)25-13-14-6-9-21-10-7-14/h4-12H,1-3,13H2,(H,22,23). The first-order chi connectivity index (χ1) is 12.3. The van der Waals surface area contributed by atoms with Gasteiger partial charge in [0.15, 0.2) is 0 Å². The van der Waals surface area contributed by atoms with E-state index < -0.39 is 0 Å². The zero-order valence-electron chi connectivity index (χ0n) is 13.7. The summed E-state index contributed by atoms with van der Waals surface area (Å²) in [4.78, 5) is 18.5. The van der Waals surface area contributed by atoms with Crippen LogP contribution >= 0.6 is 23.1 Å². The molecule has 1 aromatic carbocycles. The van der Waals surface area contributed by atoms with E-state index in [0.29, 0.717) is 0 Å². The molecule has 4 rings (SSSR count). The van der Waals surface area contributed by atoms with Crippen molar-refractivity contribution in [1.82, 2.24) is 4.98 Å². The number of thioether (sulfide) groups is 1. The Morgan fingerprint density at radius 2 is 1.96 bits per heavy atom. The molecule has 3 aromatic rings. The van der Waals surface area contributed by atoms with E-state index in [1.54, 1.807) is 24.2 Å². The Balaban J connectivity index is 1.45. The van der Waals surface area contributed by atoms with E-state index in [1.807, 2.05) is 29.6 Å². The Morgan fingerprint density at radius 3 is 2.84 bits per heavy atom. The molecule has 2 aromatic heterocycles. The van der Waals surface area contributed by atoms with Crippen LogP contribution in [-0.2, 0) is 18.6 Å². The molecule has 5 heteroatoms. The number of hydrogen-bond acceptors (Lipinski definition) is 4. The number of nitrogens with zero attached hydrogens (tertiary/aromatic N) is 1. The lowest BCUT2D eigenvalue weighted by molar-refractivity contribution is 0.102. The van der Waals surface area contributed by atoms with Crippen molar-refractivity contribution in [1.29, 1.82) is 0 Å². The Labute approximate surface area is 155 Å². The molecule has 0 saturated carbocycles. The van der Waals surface area contributed by atoms with Crippen molar-refractivity contribution in [3.05, 3.63) is 75.7 Å². The fourth-order valence-corrected chi connectivity index (χ4v) is 5.05. The van der Waals surface area contributed by atoms with Crippen LogP contribution < -0.4 is 5.32 Å². The maximum absolute atomic E-state index is 12.7. The number of pyridine rings is 1. The van der Waals surface area contributed by atoms with Crippen LogP contribution in [0.1, 0.15) is 32.8 Å². The second-order valence-corrected chi connectivity index (χ2v) is 7.98. The number of aryl methyl sites for hydroxylation is 2. The summed E-state index contributed by atoms with van der Waals surface area (Å²) < 4.78 is 0. The van der Waals surface area contributed by atoms with E-state index in [2.05, 4.69) is 22.4 Å². The molecule has 1 aliphatic carbocycles. The summed E-state index contributed by atoms with van der Waals surface area (Å²) in [6, 6.07) is 12.3. The van der Waals surface area contributed by atoms with Crippen LogP contribution in [0.3, 0.4) is 0 Å². The van der Waals surface area contributed by atoms with Crippen molar-refractivity contribution in [3.63, 3.8) is 0 Å². The summed E-state index contributed by atoms with van der Waals surface area (Å²) in [5, 5.41) is 5.04. The highest BCUT2D eigenvalue weighted by Gasteiger charge is 2.16. The maximum atomic E-state index is 12.7. The molecule has 0 bridgehead atoms. The van der Waals surface area contributed by atoms with Gasteiger partial charge < -0.3 is 5.32 Å². The average Bonchev–Trinajstić information content (AvgIpc) is 3.29. The average molecular weight is 367 g/mol. The molecule has 0 saturated heterocycles. The van der Waals surface area contributed by atoms with Gasteiger partial charge in [-0.05, 0) is 71.7 Å². The lowest BCUT2D eigenvalue weighted by Crippen LogP contribution is -2.11. The van der Waals surface area contributed by atoms with Gasteiger partial charge in [0, 0.05) is 28.7 Å². The predicted molar refractivity (Wildman–Crippen MR) is 105 cm³/mol. The molecular formula is C20H18N2OS2. The second-order valence-electron chi connectivity index (χ2n) is 6.05. The van der Waals surface area contributed by atoms with Crippen molar-refractivity contribution in [2.45, 2.75) is 29.9 Å². The van der Waals surface area contributed by atoms with Gasteiger partial charge in [0.1, 0.15) is 4.88 Å². The van der Waals surface area contributed by atoms with Crippen LogP contribution in [0, 0.1) is 0 Å². The quantitative estimate of drug-likeness (QED) is 0.633. The summed E-state index contributed by atoms with van der Waals surface area (Å²) in [5.41, 5.74) is 4.89. The fraction of sp³-hybridized carbons (Fsp3) is 0.200. The minimum atomic E-state index is -0.0230. The van der Waals surface area contributed by atoms with Gasteiger partial charge in [0.25, 0.3) is 5.91 Å². The number of fused-ring (bicyclic) bond motifs is 1. The topological polar surface area (TPSA) is 42.0 Å². The number of amides is 1. The molecule has 0 unspecified atom stereocenters. The number of thiophene rings is 1. The Kier molecular flexibility index (Phi) is 4.85. The smallest absolute Gasteiger partial charge is 0.266 e. The van der Waals surface area contributed by atoms with Crippen LogP contribution in [0.25, 0.3) is 0 Å². The predicted octanol–water partition coefficient (Wildman–Crippen LogP) is 5.18. The van der Waals surface area contributed by atoms with Crippen LogP contribution in [0.15, 0.2) is 59.1 Å². The van der Waals surface area contributed by atoms with E-state index >= 15 is 0 Å². The lowest BCUT2D eigenvalue weighted by Gasteiger charge is -2.08.